The van der Waals surface area contributed by atoms with Crippen molar-refractivity contribution in [1.82, 2.24) is 10.2 Å². The summed E-state index contributed by atoms with van der Waals surface area (Å²) in [6, 6.07) is 2.54. The van der Waals surface area contributed by atoms with Crippen LogP contribution < -0.4 is 5.32 Å². The fourth-order valence-electron chi connectivity index (χ4n) is 4.71. The molecule has 4 unspecified atom stereocenters. The van der Waals surface area contributed by atoms with Gasteiger partial charge in [0.15, 0.2) is 0 Å². The van der Waals surface area contributed by atoms with E-state index < -0.39 is 0 Å². The Morgan fingerprint density at radius 1 is 1.06 bits per heavy atom. The van der Waals surface area contributed by atoms with Gasteiger partial charge in [-0.3, -0.25) is 4.90 Å². The molecule has 2 saturated heterocycles. The molecule has 1 N–H and O–H groups in total. The number of likely N-dealkylation sites (tertiary alicyclic amines) is 1. The molecule has 2 heterocycles. The van der Waals surface area contributed by atoms with E-state index in [0.29, 0.717) is 0 Å². The zero-order chi connectivity index (χ0) is 12.4. The Labute approximate surface area is 113 Å². The molecule has 18 heavy (non-hydrogen) atoms. The minimum atomic E-state index is 0.798. The van der Waals surface area contributed by atoms with Crippen LogP contribution in [-0.4, -0.2) is 36.1 Å². The number of piperidine rings is 2. The lowest BCUT2D eigenvalue weighted by Gasteiger charge is -2.43. The first-order valence-electron chi connectivity index (χ1n) is 8.34. The van der Waals surface area contributed by atoms with E-state index in [2.05, 4.69) is 17.1 Å². The van der Waals surface area contributed by atoms with Crippen LogP contribution in [0, 0.1) is 5.92 Å². The lowest BCUT2D eigenvalue weighted by molar-refractivity contribution is 0.0645. The highest BCUT2D eigenvalue weighted by Crippen LogP contribution is 2.38. The van der Waals surface area contributed by atoms with E-state index in [1.165, 1.54) is 70.9 Å². The SMILES string of the molecule is CC(CC1CCCCN1)N1CCCC2CCCC21. The third kappa shape index (κ3) is 2.75. The Morgan fingerprint density at radius 3 is 2.78 bits per heavy atom. The zero-order valence-electron chi connectivity index (χ0n) is 12.0. The lowest BCUT2D eigenvalue weighted by atomic mass is 9.89. The lowest BCUT2D eigenvalue weighted by Crippen LogP contribution is -2.49. The van der Waals surface area contributed by atoms with Crippen molar-refractivity contribution in [3.63, 3.8) is 0 Å². The molecule has 3 aliphatic rings. The van der Waals surface area contributed by atoms with Crippen molar-refractivity contribution in [1.29, 1.82) is 0 Å². The van der Waals surface area contributed by atoms with Crippen LogP contribution >= 0.6 is 0 Å². The summed E-state index contributed by atoms with van der Waals surface area (Å²) in [4.78, 5) is 2.87. The molecule has 3 fully saturated rings. The summed E-state index contributed by atoms with van der Waals surface area (Å²) in [6.45, 7) is 5.11. The van der Waals surface area contributed by atoms with E-state index in [4.69, 9.17) is 0 Å². The van der Waals surface area contributed by atoms with Gasteiger partial charge in [-0.2, -0.15) is 0 Å². The smallest absolute Gasteiger partial charge is 0.0126 e. The molecule has 104 valence electrons. The molecule has 0 radical (unpaired) electrons. The number of rotatable bonds is 3. The van der Waals surface area contributed by atoms with Gasteiger partial charge in [0.2, 0.25) is 0 Å². The molecule has 0 aromatic rings. The van der Waals surface area contributed by atoms with Gasteiger partial charge in [0.05, 0.1) is 0 Å². The number of hydrogen-bond donors (Lipinski definition) is 1. The molecule has 2 nitrogen and oxygen atoms in total. The second-order valence-electron chi connectivity index (χ2n) is 6.87. The van der Waals surface area contributed by atoms with Crippen molar-refractivity contribution >= 4 is 0 Å². The van der Waals surface area contributed by atoms with Gasteiger partial charge in [-0.15, -0.1) is 0 Å². The van der Waals surface area contributed by atoms with Crippen LogP contribution in [0.15, 0.2) is 0 Å². The van der Waals surface area contributed by atoms with Crippen molar-refractivity contribution < 1.29 is 0 Å². The average Bonchev–Trinajstić information content (AvgIpc) is 2.87. The largest absolute Gasteiger partial charge is 0.314 e. The van der Waals surface area contributed by atoms with Gasteiger partial charge in [-0.1, -0.05) is 12.8 Å². The van der Waals surface area contributed by atoms with Crippen molar-refractivity contribution in [3.05, 3.63) is 0 Å². The van der Waals surface area contributed by atoms with Crippen molar-refractivity contribution in [2.24, 2.45) is 5.92 Å². The molecule has 1 aliphatic carbocycles. The Bertz CT molecular complexity index is 260. The zero-order valence-corrected chi connectivity index (χ0v) is 12.0. The number of nitrogens with one attached hydrogen (secondary N) is 1. The maximum Gasteiger partial charge on any atom is 0.0126 e. The average molecular weight is 250 g/mol. The van der Waals surface area contributed by atoms with Crippen LogP contribution in [0.3, 0.4) is 0 Å². The Hall–Kier alpha value is -0.0800. The van der Waals surface area contributed by atoms with Gasteiger partial charge in [0.25, 0.3) is 0 Å². The molecule has 0 aromatic carbocycles. The summed E-state index contributed by atoms with van der Waals surface area (Å²) in [5, 5.41) is 3.72. The molecule has 0 amide bonds. The predicted octanol–water partition coefficient (Wildman–Crippen LogP) is 3.17. The van der Waals surface area contributed by atoms with Crippen LogP contribution in [0.25, 0.3) is 0 Å². The van der Waals surface area contributed by atoms with Gasteiger partial charge >= 0.3 is 0 Å². The Kier molecular flexibility index (Phi) is 4.25. The summed E-state index contributed by atoms with van der Waals surface area (Å²) in [7, 11) is 0. The minimum Gasteiger partial charge on any atom is -0.314 e. The maximum atomic E-state index is 3.72. The number of nitrogens with zero attached hydrogens (tertiary/aromatic N) is 1. The maximum absolute atomic E-state index is 3.72. The van der Waals surface area contributed by atoms with E-state index in [0.717, 1.165) is 24.0 Å². The third-order valence-electron chi connectivity index (χ3n) is 5.64. The van der Waals surface area contributed by atoms with Gasteiger partial charge in [-0.05, 0) is 70.9 Å². The first-order valence-corrected chi connectivity index (χ1v) is 8.34. The predicted molar refractivity (Wildman–Crippen MR) is 76.8 cm³/mol. The van der Waals surface area contributed by atoms with Crippen LogP contribution in [0.4, 0.5) is 0 Å². The molecule has 0 spiro atoms. The first-order chi connectivity index (χ1) is 8.84. The van der Waals surface area contributed by atoms with Crippen LogP contribution in [0.1, 0.15) is 64.7 Å². The van der Waals surface area contributed by atoms with Gasteiger partial charge in [0, 0.05) is 18.1 Å². The highest BCUT2D eigenvalue weighted by atomic mass is 15.2. The fourth-order valence-corrected chi connectivity index (χ4v) is 4.71. The van der Waals surface area contributed by atoms with Crippen molar-refractivity contribution in [2.45, 2.75) is 82.8 Å². The van der Waals surface area contributed by atoms with Crippen LogP contribution in [-0.2, 0) is 0 Å². The monoisotopic (exact) mass is 250 g/mol. The molecule has 2 aliphatic heterocycles. The molecular weight excluding hydrogens is 220 g/mol. The fraction of sp³-hybridized carbons (Fsp3) is 1.00. The molecular formula is C16H30N2. The molecule has 0 aromatic heterocycles. The summed E-state index contributed by atoms with van der Waals surface area (Å²) in [5.74, 6) is 1.04. The molecule has 0 bridgehead atoms. The topological polar surface area (TPSA) is 15.3 Å². The van der Waals surface area contributed by atoms with E-state index in [1.54, 1.807) is 0 Å². The molecule has 3 rings (SSSR count). The van der Waals surface area contributed by atoms with Crippen molar-refractivity contribution in [2.75, 3.05) is 13.1 Å². The van der Waals surface area contributed by atoms with E-state index in [-0.39, 0.29) is 0 Å². The van der Waals surface area contributed by atoms with E-state index in [9.17, 15) is 0 Å². The molecule has 2 heteroatoms. The van der Waals surface area contributed by atoms with Gasteiger partial charge in [0.1, 0.15) is 0 Å². The van der Waals surface area contributed by atoms with Crippen LogP contribution in [0.5, 0.6) is 0 Å². The minimum absolute atomic E-state index is 0.798. The van der Waals surface area contributed by atoms with E-state index >= 15 is 0 Å². The number of fused-ring (bicyclic) bond motifs is 1. The molecule has 4 atom stereocenters. The Morgan fingerprint density at radius 2 is 1.94 bits per heavy atom. The molecule has 1 saturated carbocycles. The van der Waals surface area contributed by atoms with Gasteiger partial charge < -0.3 is 5.32 Å². The summed E-state index contributed by atoms with van der Waals surface area (Å²) in [6.07, 6.45) is 13.0. The number of hydrogen-bond acceptors (Lipinski definition) is 2. The standard InChI is InChI=1S/C16H30N2/c1-13(12-15-8-2-3-10-17-15)18-11-5-7-14-6-4-9-16(14)18/h13-17H,2-12H2,1H3. The normalized spacial score (nSPS) is 39.5. The second-order valence-corrected chi connectivity index (χ2v) is 6.87. The van der Waals surface area contributed by atoms with Crippen molar-refractivity contribution in [3.8, 4) is 0 Å². The quantitative estimate of drug-likeness (QED) is 0.827. The summed E-state index contributed by atoms with van der Waals surface area (Å²) < 4.78 is 0. The van der Waals surface area contributed by atoms with E-state index in [1.807, 2.05) is 0 Å². The highest BCUT2D eigenvalue weighted by Gasteiger charge is 2.37. The highest BCUT2D eigenvalue weighted by molar-refractivity contribution is 4.92. The Balaban J connectivity index is 1.55. The summed E-state index contributed by atoms with van der Waals surface area (Å²) >= 11 is 0. The second kappa shape index (κ2) is 5.92. The van der Waals surface area contributed by atoms with Gasteiger partial charge in [-0.25, -0.2) is 0 Å². The third-order valence-corrected chi connectivity index (χ3v) is 5.64. The van der Waals surface area contributed by atoms with Crippen LogP contribution in [0.2, 0.25) is 0 Å². The summed E-state index contributed by atoms with van der Waals surface area (Å²) in [5.41, 5.74) is 0. The first kappa shape index (κ1) is 12.9.